The molecule has 7 heteroatoms. The van der Waals surface area contributed by atoms with E-state index >= 15 is 0 Å². The molecular weight excluding hydrogens is 410 g/mol. The van der Waals surface area contributed by atoms with Crippen LogP contribution in [0.25, 0.3) is 11.5 Å². The van der Waals surface area contributed by atoms with E-state index in [2.05, 4.69) is 31.5 Å². The highest BCUT2D eigenvalue weighted by Gasteiger charge is 2.08. The van der Waals surface area contributed by atoms with Gasteiger partial charge in [-0.25, -0.2) is 9.78 Å². The van der Waals surface area contributed by atoms with E-state index in [-0.39, 0.29) is 6.03 Å². The number of nitrogens with one attached hydrogen (secondary N) is 2. The Morgan fingerprint density at radius 1 is 1.22 bits per heavy atom. The Kier molecular flexibility index (Phi) is 6.13. The third-order valence-corrected chi connectivity index (χ3v) is 4.50. The molecule has 140 valence electrons. The number of nitrogens with zero attached hydrogens (tertiary/aromatic N) is 1. The van der Waals surface area contributed by atoms with Gasteiger partial charge in [0, 0.05) is 28.7 Å². The van der Waals surface area contributed by atoms with Crippen molar-refractivity contribution in [2.24, 2.45) is 0 Å². The molecule has 3 aromatic rings. The lowest BCUT2D eigenvalue weighted by Gasteiger charge is -2.09. The van der Waals surface area contributed by atoms with Crippen LogP contribution in [-0.4, -0.2) is 24.7 Å². The molecule has 0 radical (unpaired) electrons. The number of carbonyl (C=O) groups is 1. The molecule has 0 bridgehead atoms. The monoisotopic (exact) mass is 429 g/mol. The summed E-state index contributed by atoms with van der Waals surface area (Å²) in [6.45, 7) is 2.39. The first-order chi connectivity index (χ1) is 13.0. The number of hydrogen-bond donors (Lipinski definition) is 2. The van der Waals surface area contributed by atoms with Crippen LogP contribution >= 0.6 is 15.9 Å². The molecule has 0 saturated heterocycles. The van der Waals surface area contributed by atoms with E-state index in [4.69, 9.17) is 9.15 Å². The van der Waals surface area contributed by atoms with Crippen molar-refractivity contribution in [3.8, 4) is 17.2 Å². The summed E-state index contributed by atoms with van der Waals surface area (Å²) in [5, 5.41) is 5.67. The number of rotatable bonds is 6. The van der Waals surface area contributed by atoms with E-state index in [0.29, 0.717) is 18.9 Å². The number of carbonyl (C=O) groups excluding carboxylic acids is 1. The maximum absolute atomic E-state index is 12.1. The Balaban J connectivity index is 1.51. The highest BCUT2D eigenvalue weighted by molar-refractivity contribution is 9.10. The van der Waals surface area contributed by atoms with Crippen molar-refractivity contribution in [1.29, 1.82) is 0 Å². The molecule has 0 fully saturated rings. The van der Waals surface area contributed by atoms with Gasteiger partial charge < -0.3 is 19.8 Å². The van der Waals surface area contributed by atoms with Crippen molar-refractivity contribution in [3.05, 3.63) is 64.5 Å². The summed E-state index contributed by atoms with van der Waals surface area (Å²) in [4.78, 5) is 16.5. The van der Waals surface area contributed by atoms with E-state index in [0.717, 1.165) is 32.7 Å². The number of benzene rings is 2. The molecule has 2 N–H and O–H groups in total. The van der Waals surface area contributed by atoms with Crippen LogP contribution in [0.15, 0.2) is 57.6 Å². The van der Waals surface area contributed by atoms with Gasteiger partial charge in [-0.3, -0.25) is 0 Å². The average molecular weight is 430 g/mol. The van der Waals surface area contributed by atoms with Crippen LogP contribution < -0.4 is 15.4 Å². The molecule has 3 rings (SSSR count). The first-order valence-electron chi connectivity index (χ1n) is 8.45. The molecule has 2 aromatic carbocycles. The number of urea groups is 1. The van der Waals surface area contributed by atoms with E-state index in [1.54, 1.807) is 13.4 Å². The summed E-state index contributed by atoms with van der Waals surface area (Å²) in [5.41, 5.74) is 3.41. The van der Waals surface area contributed by atoms with E-state index in [9.17, 15) is 4.79 Å². The summed E-state index contributed by atoms with van der Waals surface area (Å²) in [6, 6.07) is 13.0. The number of methoxy groups -OCH3 is 1. The molecule has 0 saturated carbocycles. The fraction of sp³-hybridized carbons (Fsp3) is 0.200. The lowest BCUT2D eigenvalue weighted by molar-refractivity contribution is 0.252. The topological polar surface area (TPSA) is 76.4 Å². The lowest BCUT2D eigenvalue weighted by Crippen LogP contribution is -2.30. The van der Waals surface area contributed by atoms with Crippen LogP contribution in [0, 0.1) is 6.92 Å². The molecule has 0 aliphatic carbocycles. The molecule has 0 aliphatic rings. The zero-order valence-electron chi connectivity index (χ0n) is 15.1. The summed E-state index contributed by atoms with van der Waals surface area (Å²) in [5.74, 6) is 1.32. The first-order valence-corrected chi connectivity index (χ1v) is 9.24. The number of hydrogen-bond acceptors (Lipinski definition) is 4. The fourth-order valence-corrected chi connectivity index (χ4v) is 2.85. The number of anilines is 1. The molecule has 27 heavy (non-hydrogen) atoms. The summed E-state index contributed by atoms with van der Waals surface area (Å²) in [7, 11) is 1.62. The van der Waals surface area contributed by atoms with Gasteiger partial charge >= 0.3 is 6.03 Å². The first kappa shape index (κ1) is 19.0. The minimum atomic E-state index is -0.255. The number of halogens is 1. The second-order valence-electron chi connectivity index (χ2n) is 5.96. The molecule has 0 unspecified atom stereocenters. The SMILES string of the molecule is COc1ccc(-c2nc(CCNC(=O)Nc3cc(Br)ccc3C)co2)cc1. The lowest BCUT2D eigenvalue weighted by atomic mass is 10.2. The quantitative estimate of drug-likeness (QED) is 0.590. The third kappa shape index (κ3) is 5.10. The van der Waals surface area contributed by atoms with Gasteiger partial charge in [-0.15, -0.1) is 0 Å². The van der Waals surface area contributed by atoms with Crippen LogP contribution in [-0.2, 0) is 6.42 Å². The van der Waals surface area contributed by atoms with Crippen molar-refractivity contribution in [1.82, 2.24) is 10.3 Å². The molecule has 0 spiro atoms. The second-order valence-corrected chi connectivity index (χ2v) is 6.88. The predicted octanol–water partition coefficient (Wildman–Crippen LogP) is 4.79. The van der Waals surface area contributed by atoms with Crippen molar-refractivity contribution >= 4 is 27.6 Å². The molecule has 6 nitrogen and oxygen atoms in total. The molecule has 0 aliphatic heterocycles. The number of aromatic nitrogens is 1. The van der Waals surface area contributed by atoms with Gasteiger partial charge in [-0.05, 0) is 48.9 Å². The molecular formula is C20H20BrN3O3. The van der Waals surface area contributed by atoms with Crippen LogP contribution in [0.2, 0.25) is 0 Å². The van der Waals surface area contributed by atoms with Gasteiger partial charge in [-0.1, -0.05) is 22.0 Å². The maximum atomic E-state index is 12.1. The van der Waals surface area contributed by atoms with Crippen LogP contribution in [0.3, 0.4) is 0 Å². The Morgan fingerprint density at radius 2 is 2.00 bits per heavy atom. The summed E-state index contributed by atoms with van der Waals surface area (Å²) >= 11 is 3.40. The minimum Gasteiger partial charge on any atom is -0.497 e. The highest BCUT2D eigenvalue weighted by Crippen LogP contribution is 2.22. The maximum Gasteiger partial charge on any atom is 0.319 e. The number of oxazole rings is 1. The minimum absolute atomic E-state index is 0.255. The van der Waals surface area contributed by atoms with Crippen molar-refractivity contribution in [2.45, 2.75) is 13.3 Å². The van der Waals surface area contributed by atoms with Crippen molar-refractivity contribution < 1.29 is 13.9 Å². The Morgan fingerprint density at radius 3 is 2.74 bits per heavy atom. The van der Waals surface area contributed by atoms with Crippen LogP contribution in [0.5, 0.6) is 5.75 Å². The summed E-state index contributed by atoms with van der Waals surface area (Å²) < 4.78 is 11.6. The van der Waals surface area contributed by atoms with Crippen LogP contribution in [0.1, 0.15) is 11.3 Å². The van der Waals surface area contributed by atoms with E-state index in [1.807, 2.05) is 49.4 Å². The van der Waals surface area contributed by atoms with Gasteiger partial charge in [0.15, 0.2) is 0 Å². The van der Waals surface area contributed by atoms with Gasteiger partial charge in [0.05, 0.1) is 12.8 Å². The van der Waals surface area contributed by atoms with Gasteiger partial charge in [0.2, 0.25) is 5.89 Å². The Hall–Kier alpha value is -2.80. The Bertz CT molecular complexity index is 922. The fourth-order valence-electron chi connectivity index (χ4n) is 2.49. The largest absolute Gasteiger partial charge is 0.497 e. The smallest absolute Gasteiger partial charge is 0.319 e. The van der Waals surface area contributed by atoms with Crippen LogP contribution in [0.4, 0.5) is 10.5 Å². The van der Waals surface area contributed by atoms with Gasteiger partial charge in [-0.2, -0.15) is 0 Å². The van der Waals surface area contributed by atoms with E-state index < -0.39 is 0 Å². The standard InChI is InChI=1S/C20H20BrN3O3/c1-13-3-6-15(21)11-18(13)24-20(25)22-10-9-16-12-27-19(23-16)14-4-7-17(26-2)8-5-14/h3-8,11-12H,9-10H2,1-2H3,(H2,22,24,25). The number of aryl methyl sites for hydroxylation is 1. The predicted molar refractivity (Wildman–Crippen MR) is 108 cm³/mol. The zero-order chi connectivity index (χ0) is 19.2. The van der Waals surface area contributed by atoms with Gasteiger partial charge in [0.1, 0.15) is 12.0 Å². The highest BCUT2D eigenvalue weighted by atomic mass is 79.9. The Labute approximate surface area is 166 Å². The van der Waals surface area contributed by atoms with Crippen molar-refractivity contribution in [2.75, 3.05) is 19.0 Å². The summed E-state index contributed by atoms with van der Waals surface area (Å²) in [6.07, 6.45) is 2.18. The second kappa shape index (κ2) is 8.73. The number of ether oxygens (including phenoxy) is 1. The molecule has 1 aromatic heterocycles. The molecule has 2 amide bonds. The normalized spacial score (nSPS) is 10.5. The van der Waals surface area contributed by atoms with Crippen molar-refractivity contribution in [3.63, 3.8) is 0 Å². The third-order valence-electron chi connectivity index (χ3n) is 4.00. The zero-order valence-corrected chi connectivity index (χ0v) is 16.7. The van der Waals surface area contributed by atoms with Gasteiger partial charge in [0.25, 0.3) is 0 Å². The molecule has 1 heterocycles. The van der Waals surface area contributed by atoms with E-state index in [1.165, 1.54) is 0 Å². The average Bonchev–Trinajstić information content (AvgIpc) is 3.14. The number of amides is 2. The molecule has 0 atom stereocenters.